The van der Waals surface area contributed by atoms with E-state index in [1.165, 1.54) is 6.33 Å². The fourth-order valence-electron chi connectivity index (χ4n) is 1.90. The summed E-state index contributed by atoms with van der Waals surface area (Å²) in [7, 11) is 0. The van der Waals surface area contributed by atoms with Gasteiger partial charge in [0.2, 0.25) is 5.78 Å². The van der Waals surface area contributed by atoms with E-state index in [1.807, 2.05) is 42.6 Å². The predicted molar refractivity (Wildman–Crippen MR) is 80.8 cm³/mol. The third kappa shape index (κ3) is 3.32. The van der Waals surface area contributed by atoms with Gasteiger partial charge in [0.25, 0.3) is 5.78 Å². The van der Waals surface area contributed by atoms with Crippen molar-refractivity contribution in [3.05, 3.63) is 60.4 Å². The third-order valence-electron chi connectivity index (χ3n) is 2.93. The smallest absolute Gasteiger partial charge is 0.265 e. The monoisotopic (exact) mass is 312 g/mol. The first kappa shape index (κ1) is 14.3. The Morgan fingerprint density at radius 2 is 1.95 bits per heavy atom. The molecule has 0 radical (unpaired) electrons. The molecule has 3 aromatic rings. The second kappa shape index (κ2) is 6.40. The van der Waals surface area contributed by atoms with Gasteiger partial charge < -0.3 is 4.98 Å². The second-order valence-corrected chi connectivity index (χ2v) is 5.69. The Hall–Kier alpha value is -2.67. The normalized spacial score (nSPS) is 10.5. The molecule has 2 aromatic heterocycles. The summed E-state index contributed by atoms with van der Waals surface area (Å²) in [5, 5.41) is 5.96. The van der Waals surface area contributed by atoms with Crippen LogP contribution in [0.3, 0.4) is 0 Å². The number of aromatic nitrogens is 4. The minimum Gasteiger partial charge on any atom is -0.364 e. The highest BCUT2D eigenvalue weighted by atomic mass is 32.2. The minimum absolute atomic E-state index is 0.00881. The number of nitrogens with one attached hydrogen (secondary N) is 2. The highest BCUT2D eigenvalue weighted by Crippen LogP contribution is 2.27. The summed E-state index contributed by atoms with van der Waals surface area (Å²) in [6.07, 6.45) is 3.03. The van der Waals surface area contributed by atoms with Gasteiger partial charge >= 0.3 is 0 Å². The fourth-order valence-corrected chi connectivity index (χ4v) is 2.79. The van der Waals surface area contributed by atoms with Gasteiger partial charge in [0.05, 0.1) is 6.42 Å². The van der Waals surface area contributed by atoms with Gasteiger partial charge in [-0.05, 0) is 18.2 Å². The Balaban J connectivity index is 1.64. The summed E-state index contributed by atoms with van der Waals surface area (Å²) in [6.45, 7) is 0. The highest BCUT2D eigenvalue weighted by Gasteiger charge is 2.19. The molecule has 0 aliphatic carbocycles. The van der Waals surface area contributed by atoms with Gasteiger partial charge in [-0.1, -0.05) is 30.0 Å². The van der Waals surface area contributed by atoms with Crippen molar-refractivity contribution in [3.8, 4) is 0 Å². The number of H-pyrrole nitrogens is 2. The molecule has 0 bridgehead atoms. The van der Waals surface area contributed by atoms with Crippen LogP contribution in [-0.2, 0) is 11.2 Å². The summed E-state index contributed by atoms with van der Waals surface area (Å²) in [6, 6.07) is 11.8. The largest absolute Gasteiger partial charge is 0.364 e. The molecule has 110 valence electrons. The van der Waals surface area contributed by atoms with E-state index < -0.39 is 11.6 Å². The van der Waals surface area contributed by atoms with Crippen molar-refractivity contribution < 1.29 is 9.59 Å². The minimum atomic E-state index is -0.663. The van der Waals surface area contributed by atoms with E-state index in [1.54, 1.807) is 11.8 Å². The van der Waals surface area contributed by atoms with Crippen molar-refractivity contribution in [2.75, 3.05) is 0 Å². The van der Waals surface area contributed by atoms with Crippen LogP contribution in [0.2, 0.25) is 0 Å². The SMILES string of the molecule is O=C(Cc1cc(Sc2ccccc2)c[nH]1)C(=O)c1ncn[nH]1. The van der Waals surface area contributed by atoms with Gasteiger partial charge in [0.1, 0.15) is 6.33 Å². The topological polar surface area (TPSA) is 91.5 Å². The molecule has 2 heterocycles. The molecule has 0 atom stereocenters. The molecular weight excluding hydrogens is 300 g/mol. The van der Waals surface area contributed by atoms with Crippen LogP contribution in [0.25, 0.3) is 0 Å². The summed E-state index contributed by atoms with van der Waals surface area (Å²) < 4.78 is 0. The molecule has 0 spiro atoms. The molecule has 0 fully saturated rings. The van der Waals surface area contributed by atoms with E-state index in [4.69, 9.17) is 0 Å². The first-order valence-electron chi connectivity index (χ1n) is 6.55. The molecule has 1 aromatic carbocycles. The average Bonchev–Trinajstić information content (AvgIpc) is 3.19. The van der Waals surface area contributed by atoms with Crippen LogP contribution in [-0.4, -0.2) is 31.7 Å². The molecule has 0 aliphatic rings. The number of ketones is 2. The molecule has 0 amide bonds. The lowest BCUT2D eigenvalue weighted by Crippen LogP contribution is -2.18. The van der Waals surface area contributed by atoms with Crippen molar-refractivity contribution in [3.63, 3.8) is 0 Å². The summed E-state index contributed by atoms with van der Waals surface area (Å²) in [5.74, 6) is -1.23. The van der Waals surface area contributed by atoms with Gasteiger partial charge in [-0.25, -0.2) is 4.98 Å². The van der Waals surface area contributed by atoms with Crippen LogP contribution >= 0.6 is 11.8 Å². The first-order valence-corrected chi connectivity index (χ1v) is 7.37. The van der Waals surface area contributed by atoms with Crippen LogP contribution in [0.15, 0.2) is 58.7 Å². The quantitative estimate of drug-likeness (QED) is 0.538. The van der Waals surface area contributed by atoms with E-state index in [2.05, 4.69) is 20.2 Å². The molecule has 2 N–H and O–H groups in total. The van der Waals surface area contributed by atoms with Gasteiger partial charge in [0, 0.05) is 21.7 Å². The van der Waals surface area contributed by atoms with Crippen LogP contribution in [0.4, 0.5) is 0 Å². The van der Waals surface area contributed by atoms with Crippen LogP contribution in [0, 0.1) is 0 Å². The van der Waals surface area contributed by atoms with E-state index in [0.29, 0.717) is 5.69 Å². The Morgan fingerprint density at radius 1 is 1.14 bits per heavy atom. The molecule has 0 aliphatic heterocycles. The number of hydrogen-bond donors (Lipinski definition) is 2. The molecule has 7 heteroatoms. The maximum Gasteiger partial charge on any atom is 0.265 e. The van der Waals surface area contributed by atoms with Crippen molar-refractivity contribution in [1.82, 2.24) is 20.2 Å². The van der Waals surface area contributed by atoms with Crippen LogP contribution in [0.5, 0.6) is 0 Å². The number of carbonyl (C=O) groups is 2. The van der Waals surface area contributed by atoms with Crippen molar-refractivity contribution in [2.45, 2.75) is 16.2 Å². The van der Waals surface area contributed by atoms with Gasteiger partial charge in [-0.3, -0.25) is 14.7 Å². The Labute approximate surface area is 130 Å². The first-order chi connectivity index (χ1) is 10.7. The Kier molecular flexibility index (Phi) is 4.15. The molecule has 3 rings (SSSR count). The van der Waals surface area contributed by atoms with E-state index in [9.17, 15) is 9.59 Å². The van der Waals surface area contributed by atoms with Gasteiger partial charge in [-0.2, -0.15) is 5.10 Å². The number of aromatic amines is 2. The molecule has 0 unspecified atom stereocenters. The summed E-state index contributed by atoms with van der Waals surface area (Å²) in [5.41, 5.74) is 0.691. The lowest BCUT2D eigenvalue weighted by atomic mass is 10.1. The molecule has 0 saturated carbocycles. The lowest BCUT2D eigenvalue weighted by molar-refractivity contribution is -0.114. The average molecular weight is 312 g/mol. The Bertz CT molecular complexity index is 781. The van der Waals surface area contributed by atoms with Gasteiger partial charge in [-0.15, -0.1) is 0 Å². The number of carbonyl (C=O) groups excluding carboxylic acids is 2. The maximum atomic E-state index is 11.9. The fraction of sp³-hybridized carbons (Fsp3) is 0.0667. The number of nitrogens with zero attached hydrogens (tertiary/aromatic N) is 2. The van der Waals surface area contributed by atoms with Crippen LogP contribution in [0.1, 0.15) is 16.3 Å². The number of hydrogen-bond acceptors (Lipinski definition) is 5. The molecule has 0 saturated heterocycles. The van der Waals surface area contributed by atoms with E-state index in [-0.39, 0.29) is 12.2 Å². The summed E-state index contributed by atoms with van der Waals surface area (Å²) in [4.78, 5) is 32.5. The zero-order chi connectivity index (χ0) is 15.4. The standard InChI is InChI=1S/C15H12N4O2S/c20-13(14(21)15-17-9-18-19-15)7-10-6-12(8-16-10)22-11-4-2-1-3-5-11/h1-6,8-9,16H,7H2,(H,17,18,19). The van der Waals surface area contributed by atoms with Crippen molar-refractivity contribution in [1.29, 1.82) is 0 Å². The highest BCUT2D eigenvalue weighted by molar-refractivity contribution is 7.99. The van der Waals surface area contributed by atoms with Crippen LogP contribution < -0.4 is 0 Å². The molecule has 22 heavy (non-hydrogen) atoms. The number of rotatable bonds is 6. The van der Waals surface area contributed by atoms with E-state index in [0.717, 1.165) is 9.79 Å². The van der Waals surface area contributed by atoms with Gasteiger partial charge in [0.15, 0.2) is 5.82 Å². The van der Waals surface area contributed by atoms with Crippen molar-refractivity contribution >= 4 is 23.3 Å². The molecular formula is C15H12N4O2S. The zero-order valence-electron chi connectivity index (χ0n) is 11.4. The number of Topliss-reactive ketones (excluding diaryl/α,β-unsaturated/α-hetero) is 2. The summed E-state index contributed by atoms with van der Waals surface area (Å²) >= 11 is 1.59. The predicted octanol–water partition coefficient (Wildman–Crippen LogP) is 2.28. The zero-order valence-corrected chi connectivity index (χ0v) is 12.3. The van der Waals surface area contributed by atoms with E-state index >= 15 is 0 Å². The van der Waals surface area contributed by atoms with Crippen molar-refractivity contribution in [2.24, 2.45) is 0 Å². The number of benzene rings is 1. The maximum absolute atomic E-state index is 11.9. The second-order valence-electron chi connectivity index (χ2n) is 4.54. The Morgan fingerprint density at radius 3 is 2.68 bits per heavy atom. The lowest BCUT2D eigenvalue weighted by Gasteiger charge is -1.97. The third-order valence-corrected chi connectivity index (χ3v) is 3.91. The molecule has 6 nitrogen and oxygen atoms in total.